The second-order valence-corrected chi connectivity index (χ2v) is 5.87. The average Bonchev–Trinajstić information content (AvgIpc) is 2.94. The van der Waals surface area contributed by atoms with E-state index in [0.717, 1.165) is 0 Å². The minimum atomic E-state index is 1.20. The molecule has 0 N–H and O–H groups in total. The van der Waals surface area contributed by atoms with Crippen LogP contribution >= 0.6 is 0 Å². The summed E-state index contributed by atoms with van der Waals surface area (Å²) >= 11 is 0. The summed E-state index contributed by atoms with van der Waals surface area (Å²) in [6, 6.07) is 25.9. The van der Waals surface area contributed by atoms with Crippen molar-refractivity contribution in [3.8, 4) is 11.1 Å². The van der Waals surface area contributed by atoms with Crippen molar-refractivity contribution in [2.24, 2.45) is 0 Å². The quantitative estimate of drug-likeness (QED) is 0.446. The van der Waals surface area contributed by atoms with Crippen LogP contribution in [-0.4, -0.2) is 7.05 Å². The molecule has 0 heterocycles. The minimum absolute atomic E-state index is 1.20. The summed E-state index contributed by atoms with van der Waals surface area (Å²) in [7, 11) is 2.12. The lowest BCUT2D eigenvalue weighted by Gasteiger charge is -2.20. The van der Waals surface area contributed by atoms with Gasteiger partial charge in [0.25, 0.3) is 0 Å². The molecule has 0 bridgehead atoms. The Labute approximate surface area is 137 Å². The van der Waals surface area contributed by atoms with E-state index < -0.39 is 0 Å². The highest BCUT2D eigenvalue weighted by molar-refractivity contribution is 6.02. The summed E-state index contributed by atoms with van der Waals surface area (Å²) in [4.78, 5) is 2.23. The van der Waals surface area contributed by atoms with Crippen molar-refractivity contribution in [1.29, 1.82) is 0 Å². The van der Waals surface area contributed by atoms with Crippen molar-refractivity contribution in [1.82, 2.24) is 0 Å². The lowest BCUT2D eigenvalue weighted by molar-refractivity contribution is 1.21. The smallest absolute Gasteiger partial charge is 0.0414 e. The lowest BCUT2D eigenvalue weighted by Crippen LogP contribution is -2.09. The van der Waals surface area contributed by atoms with Gasteiger partial charge < -0.3 is 4.90 Å². The van der Waals surface area contributed by atoms with Crippen LogP contribution in [0.1, 0.15) is 18.1 Å². The summed E-state index contributed by atoms with van der Waals surface area (Å²) < 4.78 is 0. The molecule has 0 spiro atoms. The number of para-hydroxylation sites is 1. The van der Waals surface area contributed by atoms with E-state index in [1.807, 2.05) is 0 Å². The molecule has 0 aromatic heterocycles. The zero-order valence-corrected chi connectivity index (χ0v) is 13.5. The van der Waals surface area contributed by atoms with Crippen molar-refractivity contribution in [2.45, 2.75) is 6.92 Å². The molecule has 0 saturated carbocycles. The number of allylic oxidation sites excluding steroid dienone is 1. The molecule has 1 heteroatoms. The van der Waals surface area contributed by atoms with Crippen LogP contribution in [0.4, 0.5) is 11.4 Å². The highest BCUT2D eigenvalue weighted by Crippen LogP contribution is 2.45. The Hall–Kier alpha value is -2.80. The maximum Gasteiger partial charge on any atom is 0.0414 e. The predicted molar refractivity (Wildman–Crippen MR) is 99.1 cm³/mol. The highest BCUT2D eigenvalue weighted by Gasteiger charge is 2.23. The van der Waals surface area contributed by atoms with E-state index in [2.05, 4.69) is 97.7 Å². The maximum absolute atomic E-state index is 2.30. The molecular formula is C22H19N. The van der Waals surface area contributed by atoms with Gasteiger partial charge in [0.15, 0.2) is 0 Å². The van der Waals surface area contributed by atoms with Gasteiger partial charge in [0.1, 0.15) is 0 Å². The second kappa shape index (κ2) is 5.44. The molecule has 4 rings (SSSR count). The molecule has 0 saturated heterocycles. The van der Waals surface area contributed by atoms with Gasteiger partial charge in [-0.05, 0) is 59.0 Å². The van der Waals surface area contributed by atoms with Crippen LogP contribution in [0, 0.1) is 0 Å². The molecule has 0 atom stereocenters. The summed E-state index contributed by atoms with van der Waals surface area (Å²) in [5.41, 5.74) is 9.08. The Morgan fingerprint density at radius 3 is 2.04 bits per heavy atom. The van der Waals surface area contributed by atoms with Crippen LogP contribution in [0.15, 0.2) is 78.9 Å². The Balaban J connectivity index is 1.83. The lowest BCUT2D eigenvalue weighted by atomic mass is 10.0. The van der Waals surface area contributed by atoms with Gasteiger partial charge in [0, 0.05) is 18.4 Å². The van der Waals surface area contributed by atoms with Crippen molar-refractivity contribution in [3.05, 3.63) is 90.0 Å². The minimum Gasteiger partial charge on any atom is -0.345 e. The van der Waals surface area contributed by atoms with E-state index in [-0.39, 0.29) is 0 Å². The molecule has 3 aromatic rings. The van der Waals surface area contributed by atoms with Gasteiger partial charge in [-0.2, -0.15) is 0 Å². The summed E-state index contributed by atoms with van der Waals surface area (Å²) in [5, 5.41) is 0. The second-order valence-electron chi connectivity index (χ2n) is 5.87. The van der Waals surface area contributed by atoms with Crippen molar-refractivity contribution < 1.29 is 0 Å². The van der Waals surface area contributed by atoms with E-state index in [1.165, 1.54) is 39.2 Å². The number of hydrogen-bond acceptors (Lipinski definition) is 1. The standard InChI is InChI=1S/C22H19N/c1-3-18-19-11-7-8-12-20(19)21-14-13-17(15-22(18)21)23(2)16-9-5-4-6-10-16/h3-15H,1-2H3/b18-3-. The number of benzene rings is 3. The van der Waals surface area contributed by atoms with Crippen LogP contribution in [0.5, 0.6) is 0 Å². The molecule has 112 valence electrons. The number of hydrogen-bond donors (Lipinski definition) is 0. The first-order valence-electron chi connectivity index (χ1n) is 7.99. The van der Waals surface area contributed by atoms with Crippen LogP contribution < -0.4 is 4.90 Å². The van der Waals surface area contributed by atoms with Gasteiger partial charge in [-0.15, -0.1) is 0 Å². The zero-order valence-electron chi connectivity index (χ0n) is 13.5. The predicted octanol–water partition coefficient (Wildman–Crippen LogP) is 5.89. The Morgan fingerprint density at radius 2 is 1.30 bits per heavy atom. The normalized spacial score (nSPS) is 13.7. The summed E-state index contributed by atoms with van der Waals surface area (Å²) in [6.45, 7) is 2.12. The van der Waals surface area contributed by atoms with E-state index in [1.54, 1.807) is 0 Å². The van der Waals surface area contributed by atoms with E-state index in [4.69, 9.17) is 0 Å². The average molecular weight is 297 g/mol. The molecule has 0 amide bonds. The molecule has 1 nitrogen and oxygen atoms in total. The largest absolute Gasteiger partial charge is 0.345 e. The molecule has 0 aliphatic heterocycles. The highest BCUT2D eigenvalue weighted by atomic mass is 15.1. The summed E-state index contributed by atoms with van der Waals surface area (Å²) in [6.07, 6.45) is 2.22. The third kappa shape index (κ3) is 2.17. The van der Waals surface area contributed by atoms with Crippen molar-refractivity contribution in [2.75, 3.05) is 11.9 Å². The molecule has 1 aliphatic rings. The Kier molecular flexibility index (Phi) is 3.27. The number of anilines is 2. The fourth-order valence-electron chi connectivity index (χ4n) is 3.41. The SMILES string of the molecule is C/C=C1/c2ccccc2-c2ccc(N(C)c3ccccc3)cc21. The molecule has 23 heavy (non-hydrogen) atoms. The zero-order chi connectivity index (χ0) is 15.8. The third-order valence-corrected chi connectivity index (χ3v) is 4.62. The maximum atomic E-state index is 2.30. The summed E-state index contributed by atoms with van der Waals surface area (Å²) in [5.74, 6) is 0. The van der Waals surface area contributed by atoms with E-state index in [0.29, 0.717) is 0 Å². The first-order valence-corrected chi connectivity index (χ1v) is 7.99. The Bertz CT molecular complexity index is 891. The Morgan fingerprint density at radius 1 is 0.652 bits per heavy atom. The topological polar surface area (TPSA) is 3.24 Å². The third-order valence-electron chi connectivity index (χ3n) is 4.62. The van der Waals surface area contributed by atoms with Crippen molar-refractivity contribution >= 4 is 16.9 Å². The van der Waals surface area contributed by atoms with Gasteiger partial charge >= 0.3 is 0 Å². The molecule has 3 aromatic carbocycles. The van der Waals surface area contributed by atoms with Gasteiger partial charge in [-0.25, -0.2) is 0 Å². The fraction of sp³-hybridized carbons (Fsp3) is 0.0909. The van der Waals surface area contributed by atoms with Gasteiger partial charge in [-0.3, -0.25) is 0 Å². The van der Waals surface area contributed by atoms with Crippen LogP contribution in [0.2, 0.25) is 0 Å². The first-order chi connectivity index (χ1) is 11.3. The number of nitrogens with zero attached hydrogens (tertiary/aromatic N) is 1. The van der Waals surface area contributed by atoms with Crippen LogP contribution in [0.3, 0.4) is 0 Å². The van der Waals surface area contributed by atoms with Crippen LogP contribution in [0.25, 0.3) is 16.7 Å². The van der Waals surface area contributed by atoms with E-state index in [9.17, 15) is 0 Å². The molecule has 0 fully saturated rings. The van der Waals surface area contributed by atoms with Gasteiger partial charge in [0.2, 0.25) is 0 Å². The fourth-order valence-corrected chi connectivity index (χ4v) is 3.41. The molecule has 0 unspecified atom stereocenters. The first kappa shape index (κ1) is 13.8. The van der Waals surface area contributed by atoms with E-state index >= 15 is 0 Å². The number of rotatable bonds is 2. The molecular weight excluding hydrogens is 278 g/mol. The number of fused-ring (bicyclic) bond motifs is 3. The molecule has 0 radical (unpaired) electrons. The van der Waals surface area contributed by atoms with Crippen molar-refractivity contribution in [3.63, 3.8) is 0 Å². The van der Waals surface area contributed by atoms with Gasteiger partial charge in [0.05, 0.1) is 0 Å². The molecule has 1 aliphatic carbocycles. The van der Waals surface area contributed by atoms with Crippen LogP contribution in [-0.2, 0) is 0 Å². The monoisotopic (exact) mass is 297 g/mol. The van der Waals surface area contributed by atoms with Gasteiger partial charge in [-0.1, -0.05) is 54.6 Å².